The summed E-state index contributed by atoms with van der Waals surface area (Å²) in [7, 11) is 1.52. The topological polar surface area (TPSA) is 49.9 Å². The third-order valence-electron chi connectivity index (χ3n) is 2.88. The highest BCUT2D eigenvalue weighted by atomic mass is 19.1. The van der Waals surface area contributed by atoms with Crippen molar-refractivity contribution in [1.82, 2.24) is 15.3 Å². The highest BCUT2D eigenvalue weighted by molar-refractivity contribution is 5.67. The molecule has 0 bridgehead atoms. The zero-order valence-corrected chi connectivity index (χ0v) is 12.2. The van der Waals surface area contributed by atoms with E-state index in [0.29, 0.717) is 23.6 Å². The number of nitrogens with one attached hydrogen (secondary N) is 2. The fraction of sp³-hybridized carbons (Fsp3) is 0.400. The summed E-state index contributed by atoms with van der Waals surface area (Å²) in [4.78, 5) is 7.40. The lowest BCUT2D eigenvalue weighted by Gasteiger charge is -2.19. The number of ether oxygens (including phenoxy) is 1. The molecule has 1 heterocycles. The molecule has 0 saturated carbocycles. The molecule has 0 atom stereocenters. The maximum Gasteiger partial charge on any atom is 0.136 e. The van der Waals surface area contributed by atoms with Crippen LogP contribution >= 0.6 is 0 Å². The first-order chi connectivity index (χ1) is 9.40. The summed E-state index contributed by atoms with van der Waals surface area (Å²) in [5.74, 6) is 0.924. The molecule has 2 N–H and O–H groups in total. The molecule has 0 fully saturated rings. The monoisotopic (exact) mass is 277 g/mol. The molecule has 0 aliphatic carbocycles. The maximum absolute atomic E-state index is 14.0. The Kier molecular flexibility index (Phi) is 4.09. The van der Waals surface area contributed by atoms with Gasteiger partial charge in [-0.2, -0.15) is 0 Å². The van der Waals surface area contributed by atoms with E-state index in [-0.39, 0.29) is 11.4 Å². The third-order valence-corrected chi connectivity index (χ3v) is 2.88. The smallest absolute Gasteiger partial charge is 0.136 e. The average molecular weight is 277 g/mol. The Morgan fingerprint density at radius 2 is 2.10 bits per heavy atom. The molecule has 0 saturated heterocycles. The van der Waals surface area contributed by atoms with Crippen molar-refractivity contribution in [2.75, 3.05) is 7.11 Å². The first kappa shape index (κ1) is 14.5. The molecule has 2 aromatic rings. The van der Waals surface area contributed by atoms with E-state index >= 15 is 0 Å². The molecule has 0 radical (unpaired) electrons. The van der Waals surface area contributed by atoms with Crippen LogP contribution in [0.2, 0.25) is 0 Å². The van der Waals surface area contributed by atoms with Crippen molar-refractivity contribution in [2.24, 2.45) is 0 Å². The minimum atomic E-state index is -0.330. The predicted molar refractivity (Wildman–Crippen MR) is 77.1 cm³/mol. The number of hydrogen-bond donors (Lipinski definition) is 2. The first-order valence-corrected chi connectivity index (χ1v) is 6.52. The molecule has 108 valence electrons. The van der Waals surface area contributed by atoms with E-state index in [9.17, 15) is 4.39 Å². The van der Waals surface area contributed by atoms with Crippen LogP contribution < -0.4 is 10.1 Å². The molecule has 2 rings (SSSR count). The van der Waals surface area contributed by atoms with Gasteiger partial charge in [0.2, 0.25) is 0 Å². The van der Waals surface area contributed by atoms with Gasteiger partial charge in [0, 0.05) is 5.54 Å². The van der Waals surface area contributed by atoms with Gasteiger partial charge in [0.1, 0.15) is 17.4 Å². The summed E-state index contributed by atoms with van der Waals surface area (Å²) >= 11 is 0. The van der Waals surface area contributed by atoms with Gasteiger partial charge in [0.05, 0.1) is 31.1 Å². The number of imidazole rings is 1. The molecule has 5 heteroatoms. The largest absolute Gasteiger partial charge is 0.496 e. The zero-order valence-electron chi connectivity index (χ0n) is 12.2. The van der Waals surface area contributed by atoms with Crippen molar-refractivity contribution in [1.29, 1.82) is 0 Å². The van der Waals surface area contributed by atoms with Gasteiger partial charge in [0.15, 0.2) is 0 Å². The third kappa shape index (κ3) is 3.36. The second kappa shape index (κ2) is 5.63. The molecule has 20 heavy (non-hydrogen) atoms. The van der Waals surface area contributed by atoms with Gasteiger partial charge in [-0.05, 0) is 32.9 Å². The zero-order chi connectivity index (χ0) is 14.8. The standard InChI is InChI=1S/C15H20FN3O/c1-15(2,3)18-9-13-17-8-11(19-13)14-10(16)6-5-7-12(14)20-4/h5-8,18H,9H2,1-4H3,(H,17,19). The van der Waals surface area contributed by atoms with E-state index < -0.39 is 0 Å². The van der Waals surface area contributed by atoms with Gasteiger partial charge in [-0.1, -0.05) is 6.07 Å². The molecule has 0 aliphatic rings. The Labute approximate surface area is 118 Å². The molecule has 0 aliphatic heterocycles. The van der Waals surface area contributed by atoms with Crippen LogP contribution in [0.5, 0.6) is 5.75 Å². The fourth-order valence-electron chi connectivity index (χ4n) is 1.86. The van der Waals surface area contributed by atoms with Gasteiger partial charge in [-0.3, -0.25) is 0 Å². The van der Waals surface area contributed by atoms with E-state index in [1.54, 1.807) is 18.3 Å². The lowest BCUT2D eigenvalue weighted by Crippen LogP contribution is -2.35. The van der Waals surface area contributed by atoms with E-state index in [2.05, 4.69) is 36.1 Å². The molecule has 0 spiro atoms. The molecular weight excluding hydrogens is 257 g/mol. The number of H-pyrrole nitrogens is 1. The Morgan fingerprint density at radius 3 is 2.75 bits per heavy atom. The Hall–Kier alpha value is -1.88. The van der Waals surface area contributed by atoms with Crippen LogP contribution in [0.15, 0.2) is 24.4 Å². The fourth-order valence-corrected chi connectivity index (χ4v) is 1.86. The van der Waals surface area contributed by atoms with Crippen LogP contribution in [0, 0.1) is 5.82 Å². The number of halogens is 1. The van der Waals surface area contributed by atoms with E-state index in [1.165, 1.54) is 13.2 Å². The summed E-state index contributed by atoms with van der Waals surface area (Å²) < 4.78 is 19.2. The predicted octanol–water partition coefficient (Wildman–Crippen LogP) is 3.11. The molecule has 0 amide bonds. The SMILES string of the molecule is COc1cccc(F)c1-c1cnc(CNC(C)(C)C)[nH]1. The van der Waals surface area contributed by atoms with Gasteiger partial charge < -0.3 is 15.0 Å². The highest BCUT2D eigenvalue weighted by Gasteiger charge is 2.15. The van der Waals surface area contributed by atoms with Gasteiger partial charge in [-0.15, -0.1) is 0 Å². The summed E-state index contributed by atoms with van der Waals surface area (Å²) in [6.07, 6.45) is 1.63. The normalized spacial score (nSPS) is 11.7. The van der Waals surface area contributed by atoms with E-state index in [1.807, 2.05) is 0 Å². The summed E-state index contributed by atoms with van der Waals surface area (Å²) in [5, 5.41) is 3.33. The number of aromatic amines is 1. The van der Waals surface area contributed by atoms with Crippen molar-refractivity contribution in [3.63, 3.8) is 0 Å². The minimum Gasteiger partial charge on any atom is -0.496 e. The Balaban J connectivity index is 2.25. The summed E-state index contributed by atoms with van der Waals surface area (Å²) in [6.45, 7) is 6.84. The molecule has 1 aromatic heterocycles. The molecule has 0 unspecified atom stereocenters. The Morgan fingerprint density at radius 1 is 1.35 bits per heavy atom. The van der Waals surface area contributed by atoms with Crippen LogP contribution in [0.4, 0.5) is 4.39 Å². The second-order valence-corrected chi connectivity index (χ2v) is 5.66. The van der Waals surface area contributed by atoms with Gasteiger partial charge in [-0.25, -0.2) is 9.37 Å². The van der Waals surface area contributed by atoms with Crippen molar-refractivity contribution in [3.05, 3.63) is 36.0 Å². The first-order valence-electron chi connectivity index (χ1n) is 6.52. The summed E-state index contributed by atoms with van der Waals surface area (Å²) in [5.41, 5.74) is 1.03. The van der Waals surface area contributed by atoms with E-state index in [4.69, 9.17) is 4.74 Å². The Bertz CT molecular complexity index is 587. The number of nitrogens with zero attached hydrogens (tertiary/aromatic N) is 1. The van der Waals surface area contributed by atoms with Gasteiger partial charge >= 0.3 is 0 Å². The lowest BCUT2D eigenvalue weighted by atomic mass is 10.1. The number of methoxy groups -OCH3 is 1. The number of hydrogen-bond acceptors (Lipinski definition) is 3. The second-order valence-electron chi connectivity index (χ2n) is 5.66. The van der Waals surface area contributed by atoms with Crippen LogP contribution in [-0.2, 0) is 6.54 Å². The quantitative estimate of drug-likeness (QED) is 0.902. The van der Waals surface area contributed by atoms with Crippen LogP contribution in [0.1, 0.15) is 26.6 Å². The number of benzene rings is 1. The number of aromatic nitrogens is 2. The van der Waals surface area contributed by atoms with Crippen LogP contribution in [0.3, 0.4) is 0 Å². The van der Waals surface area contributed by atoms with Crippen molar-refractivity contribution in [2.45, 2.75) is 32.9 Å². The highest BCUT2D eigenvalue weighted by Crippen LogP contribution is 2.31. The lowest BCUT2D eigenvalue weighted by molar-refractivity contribution is 0.413. The van der Waals surface area contributed by atoms with Crippen molar-refractivity contribution in [3.8, 4) is 17.0 Å². The minimum absolute atomic E-state index is 0.00262. The average Bonchev–Trinajstić information content (AvgIpc) is 2.83. The van der Waals surface area contributed by atoms with Crippen LogP contribution in [-0.4, -0.2) is 22.6 Å². The molecular formula is C15H20FN3O. The van der Waals surface area contributed by atoms with Crippen molar-refractivity contribution >= 4 is 0 Å². The number of rotatable bonds is 4. The van der Waals surface area contributed by atoms with Crippen LogP contribution in [0.25, 0.3) is 11.3 Å². The van der Waals surface area contributed by atoms with E-state index in [0.717, 1.165) is 5.82 Å². The molecule has 4 nitrogen and oxygen atoms in total. The maximum atomic E-state index is 14.0. The molecule has 1 aromatic carbocycles. The van der Waals surface area contributed by atoms with Gasteiger partial charge in [0.25, 0.3) is 0 Å². The summed E-state index contributed by atoms with van der Waals surface area (Å²) in [6, 6.07) is 4.76. The van der Waals surface area contributed by atoms with Crippen molar-refractivity contribution < 1.29 is 9.13 Å².